The zero-order valence-corrected chi connectivity index (χ0v) is 33.5. The number of aromatic nitrogens is 1. The molecule has 0 radical (unpaired) electrons. The van der Waals surface area contributed by atoms with Crippen LogP contribution in [-0.4, -0.2) is 85.1 Å². The van der Waals surface area contributed by atoms with Gasteiger partial charge in [0.1, 0.15) is 29.3 Å². The molecule has 4 aliphatic rings. The molecular formula is C39H59F2N5O9S. The Morgan fingerprint density at radius 3 is 2.48 bits per heavy atom. The molecule has 6 rings (SSSR count). The van der Waals surface area contributed by atoms with Crippen molar-refractivity contribution >= 4 is 44.6 Å². The highest BCUT2D eigenvalue weighted by Crippen LogP contribution is 2.48. The number of ether oxygens (including phenoxy) is 3. The summed E-state index contributed by atoms with van der Waals surface area (Å²) in [6, 6.07) is 3.07. The average Bonchev–Trinajstić information content (AvgIpc) is 3.99. The number of methoxy groups -OCH3 is 1. The van der Waals surface area contributed by atoms with E-state index in [2.05, 4.69) is 22.0 Å². The van der Waals surface area contributed by atoms with Gasteiger partial charge in [0.25, 0.3) is 15.9 Å². The van der Waals surface area contributed by atoms with Crippen LogP contribution >= 0.6 is 0 Å². The van der Waals surface area contributed by atoms with Gasteiger partial charge in [0.2, 0.25) is 22.7 Å². The van der Waals surface area contributed by atoms with Gasteiger partial charge in [0.05, 0.1) is 31.8 Å². The van der Waals surface area contributed by atoms with E-state index in [0.29, 0.717) is 35.5 Å². The first-order valence-corrected chi connectivity index (χ1v) is 20.4. The molecule has 1 aromatic carbocycles. The number of hydrogen-bond acceptors (Lipinski definition) is 10. The van der Waals surface area contributed by atoms with Gasteiger partial charge >= 0.3 is 6.09 Å². The van der Waals surface area contributed by atoms with Crippen molar-refractivity contribution in [3.05, 3.63) is 42.4 Å². The normalized spacial score (nSPS) is 28.1. The fourth-order valence-electron chi connectivity index (χ4n) is 7.17. The number of alkyl halides is 1. The number of fused-ring (bicyclic) bond motifs is 3. The number of amides is 4. The number of allylic oxidation sites excluding steroid dienone is 1. The first-order valence-electron chi connectivity index (χ1n) is 18.9. The highest BCUT2D eigenvalue weighted by Gasteiger charge is 2.64. The van der Waals surface area contributed by atoms with Gasteiger partial charge in [-0.2, -0.15) is 0 Å². The van der Waals surface area contributed by atoms with Crippen LogP contribution in [0.2, 0.25) is 0 Å². The Balaban J connectivity index is 0.000000899. The van der Waals surface area contributed by atoms with Crippen LogP contribution in [-0.2, 0) is 29.1 Å². The molecule has 0 unspecified atom stereocenters. The Labute approximate surface area is 330 Å². The summed E-state index contributed by atoms with van der Waals surface area (Å²) in [6.07, 6.45) is 6.05. The van der Waals surface area contributed by atoms with Crippen molar-refractivity contribution in [2.75, 3.05) is 20.3 Å². The molecule has 56 heavy (non-hydrogen) atoms. The van der Waals surface area contributed by atoms with Crippen molar-refractivity contribution in [2.24, 2.45) is 28.9 Å². The molecule has 1 saturated heterocycles. The molecule has 2 aliphatic heterocycles. The fourth-order valence-corrected chi connectivity index (χ4v) is 8.42. The molecule has 2 saturated carbocycles. The molecule has 2 aliphatic carbocycles. The Bertz CT molecular complexity index is 1990. The van der Waals surface area contributed by atoms with Crippen LogP contribution in [0.25, 0.3) is 10.8 Å². The molecule has 0 bridgehead atoms. The Morgan fingerprint density at radius 1 is 1.14 bits per heavy atom. The van der Waals surface area contributed by atoms with Gasteiger partial charge in [0, 0.05) is 41.3 Å². The van der Waals surface area contributed by atoms with Crippen molar-refractivity contribution in [1.29, 1.82) is 0 Å². The molecule has 4 amide bonds. The minimum atomic E-state index is -4.61. The number of halogens is 2. The maximum atomic E-state index is 14.6. The molecule has 314 valence electrons. The Kier molecular flexibility index (Phi) is 12.6. The van der Waals surface area contributed by atoms with E-state index < -0.39 is 62.4 Å². The molecule has 14 nitrogen and oxygen atoms in total. The number of rotatable bonds is 7. The minimum Gasteiger partial charge on any atom is -0.494 e. The predicted octanol–water partition coefficient (Wildman–Crippen LogP) is 5.78. The van der Waals surface area contributed by atoms with Gasteiger partial charge in [-0.25, -0.2) is 31.7 Å². The first-order chi connectivity index (χ1) is 26.2. The Morgan fingerprint density at radius 2 is 1.86 bits per heavy atom. The van der Waals surface area contributed by atoms with Crippen molar-refractivity contribution in [3.63, 3.8) is 0 Å². The van der Waals surface area contributed by atoms with Crippen LogP contribution in [0.4, 0.5) is 13.6 Å². The van der Waals surface area contributed by atoms with Gasteiger partial charge < -0.3 is 30.2 Å². The molecule has 3 fully saturated rings. The number of carbonyl (C=O) groups is 4. The van der Waals surface area contributed by atoms with E-state index in [1.165, 1.54) is 30.3 Å². The van der Waals surface area contributed by atoms with E-state index in [1.807, 2.05) is 38.5 Å². The standard InChI is InChI=1S/C33H40F2N4O7S.C6H13NO2.3H2/c1-19-6-4-5-7-21-16-33(21,31(42)38-47(43,44)32(35)10-11-32)37-29(41)26-15-23(18-39(26)28(40)13-20(2)12-19)46-30-25-14-22(34)8-9-24(25)27(45-3)17-36-30;1-6(2,3)4-9-5(7)8;;;/h5,7-9,14,17,19-21,23,26H,4,6,10-13,15-16,18H2,1-3H3,(H,37,41)(H,38,42);4H2,1-3H3,(H2,7,8);3*1H/b7-5-;;;;/t19-,20-,21-,23-,26+,33-;;;;/m1..../s1. The van der Waals surface area contributed by atoms with Crippen LogP contribution < -0.4 is 25.2 Å². The number of nitrogens with one attached hydrogen (secondary N) is 2. The number of benzene rings is 1. The molecule has 0 spiro atoms. The summed E-state index contributed by atoms with van der Waals surface area (Å²) in [7, 11) is -3.14. The summed E-state index contributed by atoms with van der Waals surface area (Å²) >= 11 is 0. The Hall–Kier alpha value is -4.54. The summed E-state index contributed by atoms with van der Waals surface area (Å²) in [4.78, 5) is 57.0. The highest BCUT2D eigenvalue weighted by atomic mass is 32.2. The van der Waals surface area contributed by atoms with E-state index in [-0.39, 0.29) is 66.0 Å². The third-order valence-corrected chi connectivity index (χ3v) is 12.3. The number of sulfonamides is 1. The van der Waals surface area contributed by atoms with Gasteiger partial charge in [-0.3, -0.25) is 14.4 Å². The van der Waals surface area contributed by atoms with E-state index in [1.54, 1.807) is 12.1 Å². The maximum absolute atomic E-state index is 14.6. The molecule has 3 heterocycles. The zero-order valence-electron chi connectivity index (χ0n) is 32.7. The van der Waals surface area contributed by atoms with Crippen molar-refractivity contribution in [2.45, 2.75) is 109 Å². The van der Waals surface area contributed by atoms with Crippen LogP contribution in [0.3, 0.4) is 0 Å². The fraction of sp³-hybridized carbons (Fsp3) is 0.615. The number of nitrogens with two attached hydrogens (primary N) is 1. The van der Waals surface area contributed by atoms with Gasteiger partial charge in [-0.1, -0.05) is 46.8 Å². The maximum Gasteiger partial charge on any atom is 0.404 e. The number of carbonyl (C=O) groups excluding carboxylic acids is 4. The molecule has 4 N–H and O–H groups in total. The van der Waals surface area contributed by atoms with E-state index in [0.717, 1.165) is 12.8 Å². The number of nitrogens with zero attached hydrogens (tertiary/aromatic N) is 2. The smallest absolute Gasteiger partial charge is 0.404 e. The monoisotopic (exact) mass is 811 g/mol. The SMILES string of the molecule is CC(C)(C)COC(N)=O.COc1cnc(O[C@@H]2C[C@H]3C(=O)N[C@]4(C(=O)NS(=O)(=O)C5(F)CC5)C[C@H]4/C=C\CC[C@@H](C)C[C@@H](C)CC(=O)N3C2)c2cc(F)ccc12.[HH].[HH].[HH]. The zero-order chi connectivity index (χ0) is 41.2. The summed E-state index contributed by atoms with van der Waals surface area (Å²) in [5, 5.41) is 1.19. The lowest BCUT2D eigenvalue weighted by Gasteiger charge is -2.27. The molecule has 1 aromatic heterocycles. The molecule has 6 atom stereocenters. The lowest BCUT2D eigenvalue weighted by Crippen LogP contribution is -2.57. The summed E-state index contributed by atoms with van der Waals surface area (Å²) in [5.41, 5.74) is 3.13. The summed E-state index contributed by atoms with van der Waals surface area (Å²) < 4.78 is 72.1. The van der Waals surface area contributed by atoms with Crippen LogP contribution in [0.1, 0.15) is 90.3 Å². The third kappa shape index (κ3) is 10.1. The van der Waals surface area contributed by atoms with E-state index >= 15 is 0 Å². The average molecular weight is 812 g/mol. The largest absolute Gasteiger partial charge is 0.494 e. The summed E-state index contributed by atoms with van der Waals surface area (Å²) in [5.74, 6) is -2.06. The van der Waals surface area contributed by atoms with Crippen LogP contribution in [0, 0.1) is 29.0 Å². The lowest BCUT2D eigenvalue weighted by molar-refractivity contribution is -0.140. The quantitative estimate of drug-likeness (QED) is 0.289. The first kappa shape index (κ1) is 42.6. The lowest BCUT2D eigenvalue weighted by atomic mass is 9.91. The highest BCUT2D eigenvalue weighted by molar-refractivity contribution is 7.91. The second-order valence-corrected chi connectivity index (χ2v) is 18.7. The second-order valence-electron chi connectivity index (χ2n) is 16.8. The van der Waals surface area contributed by atoms with Crippen molar-refractivity contribution in [1.82, 2.24) is 19.9 Å². The number of hydrogen-bond donors (Lipinski definition) is 3. The molecular weight excluding hydrogens is 753 g/mol. The second kappa shape index (κ2) is 16.5. The van der Waals surface area contributed by atoms with E-state index in [9.17, 15) is 36.4 Å². The van der Waals surface area contributed by atoms with Gasteiger partial charge in [-0.05, 0) is 61.1 Å². The molecule has 17 heteroatoms. The van der Waals surface area contributed by atoms with Crippen LogP contribution in [0.15, 0.2) is 36.5 Å². The van der Waals surface area contributed by atoms with Gasteiger partial charge in [0.15, 0.2) is 0 Å². The topological polar surface area (TPSA) is 196 Å². The van der Waals surface area contributed by atoms with Gasteiger partial charge in [-0.15, -0.1) is 0 Å². The van der Waals surface area contributed by atoms with Crippen molar-refractivity contribution in [3.8, 4) is 11.6 Å². The minimum absolute atomic E-state index is 0. The summed E-state index contributed by atoms with van der Waals surface area (Å²) in [6.45, 7) is 10.4. The van der Waals surface area contributed by atoms with E-state index in [4.69, 9.17) is 15.2 Å². The third-order valence-electron chi connectivity index (χ3n) is 10.4. The van der Waals surface area contributed by atoms with Crippen molar-refractivity contribution < 1.29 is 54.9 Å². The molecule has 2 aromatic rings. The predicted molar refractivity (Wildman–Crippen MR) is 209 cm³/mol. The number of pyridine rings is 1. The van der Waals surface area contributed by atoms with Crippen LogP contribution in [0.5, 0.6) is 11.6 Å². The number of primary amides is 1.